The minimum Gasteiger partial charge on any atom is -0.494 e. The summed E-state index contributed by atoms with van der Waals surface area (Å²) in [5, 5.41) is 3.06. The van der Waals surface area contributed by atoms with Gasteiger partial charge in [0.25, 0.3) is 5.92 Å². The zero-order valence-electron chi connectivity index (χ0n) is 26.0. The molecule has 2 heterocycles. The van der Waals surface area contributed by atoms with Gasteiger partial charge in [-0.25, -0.2) is 23.0 Å². The summed E-state index contributed by atoms with van der Waals surface area (Å²) in [5.74, 6) is -2.29. The highest BCUT2D eigenvalue weighted by molar-refractivity contribution is 7.79. The van der Waals surface area contributed by atoms with E-state index in [1.165, 1.54) is 12.1 Å². The molecule has 252 valence electrons. The maximum absolute atomic E-state index is 15.8. The molecule has 0 aliphatic carbocycles. The molecule has 0 fully saturated rings. The second-order valence-electron chi connectivity index (χ2n) is 11.7. The first-order valence-corrected chi connectivity index (χ1v) is 16.1. The van der Waals surface area contributed by atoms with Crippen LogP contribution in [0.25, 0.3) is 22.4 Å². The second-order valence-corrected chi connectivity index (χ2v) is 12.7. The van der Waals surface area contributed by atoms with Crippen LogP contribution in [0, 0.1) is 5.41 Å². The van der Waals surface area contributed by atoms with Gasteiger partial charge in [0.2, 0.25) is 11.1 Å². The van der Waals surface area contributed by atoms with E-state index >= 15 is 8.78 Å². The fourth-order valence-corrected chi connectivity index (χ4v) is 5.22. The number of aromatic nitrogens is 2. The molecule has 0 aliphatic rings. The highest BCUT2D eigenvalue weighted by atomic mass is 32.2. The third kappa shape index (κ3) is 9.48. The van der Waals surface area contributed by atoms with Crippen LogP contribution in [0.5, 0.6) is 5.75 Å². The van der Waals surface area contributed by atoms with Crippen molar-refractivity contribution < 1.29 is 35.5 Å². The van der Waals surface area contributed by atoms with Crippen molar-refractivity contribution in [2.45, 2.75) is 63.1 Å². The van der Waals surface area contributed by atoms with Crippen molar-refractivity contribution in [3.05, 3.63) is 84.4 Å². The van der Waals surface area contributed by atoms with Crippen LogP contribution in [0.15, 0.2) is 83.9 Å². The van der Waals surface area contributed by atoms with E-state index in [0.29, 0.717) is 42.1 Å². The topological polar surface area (TPSA) is 110 Å². The first kappa shape index (κ1) is 35.7. The fraction of sp³-hybridized carbons (Fsp3) is 0.353. The third-order valence-corrected chi connectivity index (χ3v) is 8.36. The molecule has 1 unspecified atom stereocenters. The summed E-state index contributed by atoms with van der Waals surface area (Å²) in [5.41, 5.74) is 5.45. The Labute approximate surface area is 273 Å². The number of halogens is 5. The van der Waals surface area contributed by atoms with Gasteiger partial charge in [0.1, 0.15) is 17.4 Å². The van der Waals surface area contributed by atoms with E-state index in [4.69, 9.17) is 10.5 Å². The molecule has 4 aromatic rings. The monoisotopic (exact) mass is 676 g/mol. The molecule has 0 saturated heterocycles. The van der Waals surface area contributed by atoms with Gasteiger partial charge in [-0.1, -0.05) is 62.7 Å². The van der Waals surface area contributed by atoms with Crippen molar-refractivity contribution in [1.82, 2.24) is 9.97 Å². The van der Waals surface area contributed by atoms with Gasteiger partial charge in [0.15, 0.2) is 5.03 Å². The van der Waals surface area contributed by atoms with Crippen molar-refractivity contribution in [3.63, 3.8) is 0 Å². The van der Waals surface area contributed by atoms with E-state index in [1.807, 2.05) is 0 Å². The van der Waals surface area contributed by atoms with Gasteiger partial charge in [-0.3, -0.25) is 0 Å². The van der Waals surface area contributed by atoms with Gasteiger partial charge >= 0.3 is 6.18 Å². The van der Waals surface area contributed by atoms with Crippen molar-refractivity contribution in [2.24, 2.45) is 5.41 Å². The molecule has 0 saturated carbocycles. The summed E-state index contributed by atoms with van der Waals surface area (Å²) < 4.78 is 97.4. The Morgan fingerprint density at radius 2 is 1.60 bits per heavy atom. The highest BCUT2D eigenvalue weighted by Crippen LogP contribution is 2.43. The lowest BCUT2D eigenvalue weighted by atomic mass is 9.89. The van der Waals surface area contributed by atoms with Gasteiger partial charge in [-0.2, -0.15) is 13.2 Å². The Bertz CT molecular complexity index is 1680. The predicted octanol–water partition coefficient (Wildman–Crippen LogP) is 9.10. The first-order valence-electron chi connectivity index (χ1n) is 15.0. The molecule has 2 aromatic heterocycles. The van der Waals surface area contributed by atoms with Gasteiger partial charge in [-0.05, 0) is 61.2 Å². The van der Waals surface area contributed by atoms with Crippen molar-refractivity contribution >= 4 is 22.7 Å². The summed E-state index contributed by atoms with van der Waals surface area (Å²) in [6, 6.07) is 20.7. The van der Waals surface area contributed by atoms with E-state index in [2.05, 4.69) is 15.3 Å². The van der Waals surface area contributed by atoms with Crippen LogP contribution in [0.4, 0.5) is 33.6 Å². The molecular weight excluding hydrogens is 639 g/mol. The largest absolute Gasteiger partial charge is 0.494 e. The van der Waals surface area contributed by atoms with Gasteiger partial charge in [0, 0.05) is 29.7 Å². The van der Waals surface area contributed by atoms with Gasteiger partial charge in [0.05, 0.1) is 17.7 Å². The average Bonchev–Trinajstić information content (AvgIpc) is 3.02. The number of nitrogens with two attached hydrogens (primary N) is 1. The minimum atomic E-state index is -4.37. The van der Waals surface area contributed by atoms with Crippen LogP contribution < -0.4 is 15.8 Å². The second kappa shape index (κ2) is 15.2. The zero-order chi connectivity index (χ0) is 34.2. The van der Waals surface area contributed by atoms with E-state index in [1.54, 1.807) is 66.7 Å². The summed E-state index contributed by atoms with van der Waals surface area (Å²) in [7, 11) is 0. The molecule has 7 nitrogen and oxygen atoms in total. The maximum atomic E-state index is 15.8. The van der Waals surface area contributed by atoms with Crippen LogP contribution in [-0.4, -0.2) is 38.1 Å². The number of nitrogen functional groups attached to an aromatic ring is 1. The smallest absolute Gasteiger partial charge is 0.394 e. The van der Waals surface area contributed by atoms with E-state index in [-0.39, 0.29) is 47.1 Å². The number of nitrogens with one attached hydrogen (secondary N) is 1. The molecule has 0 spiro atoms. The number of unbranched alkanes of at least 4 members (excludes halogenated alkanes) is 2. The Morgan fingerprint density at radius 3 is 2.34 bits per heavy atom. The predicted molar refractivity (Wildman–Crippen MR) is 174 cm³/mol. The minimum absolute atomic E-state index is 0.0242. The first-order chi connectivity index (χ1) is 22.2. The van der Waals surface area contributed by atoms with Gasteiger partial charge in [-0.15, -0.1) is 0 Å². The lowest BCUT2D eigenvalue weighted by Crippen LogP contribution is -2.33. The number of hydrogen-bond acceptors (Lipinski definition) is 6. The lowest BCUT2D eigenvalue weighted by molar-refractivity contribution is -0.215. The number of nitrogens with zero attached hydrogens (tertiary/aromatic N) is 2. The van der Waals surface area contributed by atoms with Crippen molar-refractivity contribution in [1.29, 1.82) is 0 Å². The molecule has 47 heavy (non-hydrogen) atoms. The number of anilines is 2. The van der Waals surface area contributed by atoms with E-state index in [9.17, 15) is 21.9 Å². The third-order valence-electron chi connectivity index (χ3n) is 7.78. The molecule has 2 aromatic carbocycles. The van der Waals surface area contributed by atoms with Crippen LogP contribution in [-0.2, 0) is 17.0 Å². The maximum Gasteiger partial charge on any atom is 0.394 e. The van der Waals surface area contributed by atoms with E-state index < -0.39 is 35.0 Å². The Hall–Kier alpha value is -4.10. The molecule has 13 heteroatoms. The van der Waals surface area contributed by atoms with Crippen molar-refractivity contribution in [2.75, 3.05) is 24.2 Å². The summed E-state index contributed by atoms with van der Waals surface area (Å²) in [6.07, 6.45) is -3.70. The normalized spacial score (nSPS) is 12.9. The van der Waals surface area contributed by atoms with Crippen LogP contribution in [0.1, 0.15) is 51.5 Å². The summed E-state index contributed by atoms with van der Waals surface area (Å²) in [6.45, 7) is 2.53. The highest BCUT2D eigenvalue weighted by Gasteiger charge is 2.46. The van der Waals surface area contributed by atoms with Crippen LogP contribution in [0.2, 0.25) is 0 Å². The fourth-order valence-electron chi connectivity index (χ4n) is 4.85. The number of rotatable bonds is 15. The molecular formula is C34H37F5N4O3S. The summed E-state index contributed by atoms with van der Waals surface area (Å²) >= 11 is -2.20. The standard InChI is InChI=1S/C34H37F5N4O3S/c1-32(2,34(37,38)39)19-21-46-24-11-8-10-23(22-24)25-16-17-28(40)42-31(25)26-12-4-5-13-27(26)33(35,36)18-6-3-7-20-41-29-14-9-15-30(43-29)47(44)45/h4-5,8-17,22H,3,6-7,18-21H2,1-2H3,(H2,40,42)(H,41,43)(H,44,45). The van der Waals surface area contributed by atoms with Crippen LogP contribution >= 0.6 is 0 Å². The number of benzene rings is 2. The number of pyridine rings is 2. The lowest BCUT2D eigenvalue weighted by Gasteiger charge is -2.27. The molecule has 0 bridgehead atoms. The summed E-state index contributed by atoms with van der Waals surface area (Å²) in [4.78, 5) is 8.48. The molecule has 4 N–H and O–H groups in total. The van der Waals surface area contributed by atoms with Crippen LogP contribution in [0.3, 0.4) is 0 Å². The molecule has 0 radical (unpaired) electrons. The number of ether oxygens (including phenoxy) is 1. The molecule has 1 atom stereocenters. The SMILES string of the molecule is CC(C)(CCOc1cccc(-c2ccc(N)nc2-c2ccccc2C(F)(F)CCCCCNc2cccc(S(=O)O)n2)c1)C(F)(F)F. The van der Waals surface area contributed by atoms with E-state index in [0.717, 1.165) is 13.8 Å². The molecule has 4 rings (SSSR count). The Morgan fingerprint density at radius 1 is 0.851 bits per heavy atom. The number of hydrogen-bond donors (Lipinski definition) is 3. The Kier molecular flexibility index (Phi) is 11.6. The zero-order valence-corrected chi connectivity index (χ0v) is 26.8. The molecule has 0 amide bonds. The quantitative estimate of drug-likeness (QED) is 0.0655. The Balaban J connectivity index is 1.46. The molecule has 0 aliphatic heterocycles. The van der Waals surface area contributed by atoms with Crippen molar-refractivity contribution in [3.8, 4) is 28.1 Å². The number of alkyl halides is 5. The van der Waals surface area contributed by atoms with Gasteiger partial charge < -0.3 is 20.3 Å². The average molecular weight is 677 g/mol.